The number of ether oxygens (including phenoxy) is 1. The van der Waals surface area contributed by atoms with Crippen molar-refractivity contribution in [2.24, 2.45) is 4.99 Å². The van der Waals surface area contributed by atoms with E-state index in [4.69, 9.17) is 4.74 Å². The minimum atomic E-state index is 0.529. The molecule has 2 aromatic rings. The van der Waals surface area contributed by atoms with Crippen LogP contribution in [0.2, 0.25) is 0 Å². The lowest BCUT2D eigenvalue weighted by Gasteiger charge is -2.12. The Hall–Kier alpha value is -2.57. The van der Waals surface area contributed by atoms with Gasteiger partial charge in [-0.3, -0.25) is 0 Å². The van der Waals surface area contributed by atoms with Crippen LogP contribution in [0.25, 0.3) is 0 Å². The van der Waals surface area contributed by atoms with Crippen LogP contribution in [0.3, 0.4) is 0 Å². The number of benzene rings is 1. The van der Waals surface area contributed by atoms with Crippen molar-refractivity contribution in [1.82, 2.24) is 25.4 Å². The summed E-state index contributed by atoms with van der Waals surface area (Å²) in [5.74, 6) is 3.70. The summed E-state index contributed by atoms with van der Waals surface area (Å²) < 4.78 is 7.99. The van der Waals surface area contributed by atoms with Crippen molar-refractivity contribution in [1.29, 1.82) is 0 Å². The third-order valence-corrected chi connectivity index (χ3v) is 4.59. The summed E-state index contributed by atoms with van der Waals surface area (Å²) in [6, 6.07) is 8.09. The zero-order chi connectivity index (χ0) is 18.9. The van der Waals surface area contributed by atoms with Crippen molar-refractivity contribution in [3.8, 4) is 5.75 Å². The first-order valence-corrected chi connectivity index (χ1v) is 9.89. The number of fused-ring (bicyclic) bond motifs is 1. The van der Waals surface area contributed by atoms with Crippen LogP contribution in [0.4, 0.5) is 0 Å². The summed E-state index contributed by atoms with van der Waals surface area (Å²) in [6.45, 7) is 7.72. The predicted octanol–water partition coefficient (Wildman–Crippen LogP) is 2.45. The summed E-state index contributed by atoms with van der Waals surface area (Å²) in [4.78, 5) is 4.67. The lowest BCUT2D eigenvalue weighted by molar-refractivity contribution is 0.322. The first-order valence-electron chi connectivity index (χ1n) is 9.89. The zero-order valence-electron chi connectivity index (χ0n) is 16.4. The van der Waals surface area contributed by atoms with Gasteiger partial charge in [-0.2, -0.15) is 0 Å². The molecule has 0 unspecified atom stereocenters. The number of hydrogen-bond acceptors (Lipinski definition) is 4. The molecule has 146 valence electrons. The lowest BCUT2D eigenvalue weighted by atomic mass is 10.2. The molecule has 7 heteroatoms. The second-order valence-electron chi connectivity index (χ2n) is 6.78. The van der Waals surface area contributed by atoms with Crippen molar-refractivity contribution >= 4 is 5.96 Å². The van der Waals surface area contributed by atoms with Crippen LogP contribution < -0.4 is 15.4 Å². The largest absolute Gasteiger partial charge is 0.492 e. The Morgan fingerprint density at radius 2 is 2.00 bits per heavy atom. The van der Waals surface area contributed by atoms with Crippen molar-refractivity contribution in [3.63, 3.8) is 0 Å². The van der Waals surface area contributed by atoms with Crippen LogP contribution in [-0.2, 0) is 19.5 Å². The van der Waals surface area contributed by atoms with Crippen LogP contribution in [0.1, 0.15) is 43.4 Å². The number of nitrogens with one attached hydrogen (secondary N) is 2. The Labute approximate surface area is 161 Å². The standard InChI is InChI=1S/C20H30N6O/c1-3-21-20(22-12-14-27-17-10-8-16(2)9-11-17)23-15-19-25-24-18-7-5-4-6-13-26(18)19/h8-11H,3-7,12-15H2,1-2H3,(H2,21,22,23). The average Bonchev–Trinajstić information content (AvgIpc) is 2.91. The molecule has 0 radical (unpaired) electrons. The van der Waals surface area contributed by atoms with E-state index < -0.39 is 0 Å². The number of nitrogens with zero attached hydrogens (tertiary/aromatic N) is 4. The first-order chi connectivity index (χ1) is 13.3. The second-order valence-corrected chi connectivity index (χ2v) is 6.78. The normalized spacial score (nSPS) is 14.4. The highest BCUT2D eigenvalue weighted by atomic mass is 16.5. The van der Waals surface area contributed by atoms with Gasteiger partial charge in [0.15, 0.2) is 11.8 Å². The molecule has 3 rings (SSSR count). The Balaban J connectivity index is 1.50. The van der Waals surface area contributed by atoms with Gasteiger partial charge in [-0.15, -0.1) is 10.2 Å². The van der Waals surface area contributed by atoms with Crippen LogP contribution >= 0.6 is 0 Å². The molecule has 2 heterocycles. The highest BCUT2D eigenvalue weighted by Gasteiger charge is 2.14. The number of guanidine groups is 1. The quantitative estimate of drug-likeness (QED) is 0.445. The highest BCUT2D eigenvalue weighted by molar-refractivity contribution is 5.79. The van der Waals surface area contributed by atoms with Crippen molar-refractivity contribution in [2.45, 2.75) is 52.6 Å². The summed E-state index contributed by atoms with van der Waals surface area (Å²) in [6.07, 6.45) is 4.67. The topological polar surface area (TPSA) is 76.4 Å². The van der Waals surface area contributed by atoms with Gasteiger partial charge in [0.05, 0.1) is 6.54 Å². The molecular weight excluding hydrogens is 340 g/mol. The molecule has 0 saturated carbocycles. The van der Waals surface area contributed by atoms with Gasteiger partial charge in [-0.05, 0) is 38.8 Å². The lowest BCUT2D eigenvalue weighted by Crippen LogP contribution is -2.39. The van der Waals surface area contributed by atoms with Gasteiger partial charge >= 0.3 is 0 Å². The third-order valence-electron chi connectivity index (χ3n) is 4.59. The van der Waals surface area contributed by atoms with E-state index >= 15 is 0 Å². The molecule has 0 amide bonds. The summed E-state index contributed by atoms with van der Waals surface area (Å²) in [5, 5.41) is 15.3. The number of aryl methyl sites for hydroxylation is 2. The number of aromatic nitrogens is 3. The van der Waals surface area contributed by atoms with E-state index in [1.165, 1.54) is 24.8 Å². The Morgan fingerprint density at radius 3 is 2.81 bits per heavy atom. The molecule has 27 heavy (non-hydrogen) atoms. The van der Waals surface area contributed by atoms with Crippen molar-refractivity contribution in [3.05, 3.63) is 41.5 Å². The Morgan fingerprint density at radius 1 is 1.15 bits per heavy atom. The van der Waals surface area contributed by atoms with Crippen molar-refractivity contribution in [2.75, 3.05) is 19.7 Å². The fraction of sp³-hybridized carbons (Fsp3) is 0.550. The molecule has 1 aliphatic rings. The van der Waals surface area contributed by atoms with Gasteiger partial charge in [-0.25, -0.2) is 4.99 Å². The van der Waals surface area contributed by atoms with Gasteiger partial charge in [0.2, 0.25) is 0 Å². The van der Waals surface area contributed by atoms with E-state index in [2.05, 4.69) is 56.4 Å². The average molecular weight is 371 g/mol. The first kappa shape index (κ1) is 19.2. The molecule has 0 saturated heterocycles. The molecule has 0 fully saturated rings. The smallest absolute Gasteiger partial charge is 0.191 e. The molecule has 7 nitrogen and oxygen atoms in total. The minimum Gasteiger partial charge on any atom is -0.492 e. The van der Waals surface area contributed by atoms with Crippen LogP contribution in [-0.4, -0.2) is 40.4 Å². The molecule has 0 spiro atoms. The maximum absolute atomic E-state index is 5.76. The van der Waals surface area contributed by atoms with Crippen molar-refractivity contribution < 1.29 is 4.74 Å². The number of aliphatic imine (C=N–C) groups is 1. The SMILES string of the molecule is CCNC(=NCc1nnc2n1CCCCC2)NCCOc1ccc(C)cc1. The summed E-state index contributed by atoms with van der Waals surface area (Å²) in [7, 11) is 0. The maximum Gasteiger partial charge on any atom is 0.191 e. The second kappa shape index (κ2) is 9.94. The van der Waals surface area contributed by atoms with Gasteiger partial charge in [0.25, 0.3) is 0 Å². The van der Waals surface area contributed by atoms with E-state index in [0.717, 1.165) is 42.9 Å². The fourth-order valence-electron chi connectivity index (χ4n) is 3.13. The zero-order valence-corrected chi connectivity index (χ0v) is 16.4. The maximum atomic E-state index is 5.76. The predicted molar refractivity (Wildman–Crippen MR) is 107 cm³/mol. The van der Waals surface area contributed by atoms with Gasteiger partial charge < -0.3 is 19.9 Å². The monoisotopic (exact) mass is 370 g/mol. The summed E-state index contributed by atoms with van der Waals surface area (Å²) >= 11 is 0. The fourth-order valence-corrected chi connectivity index (χ4v) is 3.13. The van der Waals surface area contributed by atoms with Crippen LogP contribution in [0.15, 0.2) is 29.3 Å². The van der Waals surface area contributed by atoms with Gasteiger partial charge in [-0.1, -0.05) is 24.1 Å². The summed E-state index contributed by atoms with van der Waals surface area (Å²) in [5.41, 5.74) is 1.23. The Kier molecular flexibility index (Phi) is 7.07. The molecule has 0 bridgehead atoms. The van der Waals surface area contributed by atoms with E-state index in [9.17, 15) is 0 Å². The molecule has 1 aliphatic heterocycles. The minimum absolute atomic E-state index is 0.529. The van der Waals surface area contributed by atoms with E-state index in [0.29, 0.717) is 19.7 Å². The van der Waals surface area contributed by atoms with Gasteiger partial charge in [0.1, 0.15) is 24.7 Å². The highest BCUT2D eigenvalue weighted by Crippen LogP contribution is 2.15. The third kappa shape index (κ3) is 5.70. The van der Waals surface area contributed by atoms with E-state index in [-0.39, 0.29) is 0 Å². The molecule has 0 atom stereocenters. The molecule has 1 aromatic heterocycles. The number of hydrogen-bond donors (Lipinski definition) is 2. The molecule has 1 aromatic carbocycles. The van der Waals surface area contributed by atoms with Crippen LogP contribution in [0.5, 0.6) is 5.75 Å². The van der Waals surface area contributed by atoms with Gasteiger partial charge in [0, 0.05) is 19.5 Å². The molecule has 2 N–H and O–H groups in total. The molecule has 0 aliphatic carbocycles. The van der Waals surface area contributed by atoms with Crippen LogP contribution in [0, 0.1) is 6.92 Å². The van der Waals surface area contributed by atoms with E-state index in [1.807, 2.05) is 12.1 Å². The van der Waals surface area contributed by atoms with E-state index in [1.54, 1.807) is 0 Å². The molecular formula is C20H30N6O. The Bertz CT molecular complexity index is 737. The number of rotatable bonds is 7.